The second-order valence-electron chi connectivity index (χ2n) is 7.51. The Balaban J connectivity index is 2.00. The van der Waals surface area contributed by atoms with Crippen molar-refractivity contribution in [1.82, 2.24) is 4.90 Å². The van der Waals surface area contributed by atoms with Crippen LogP contribution in [0.2, 0.25) is 5.02 Å². The van der Waals surface area contributed by atoms with Crippen LogP contribution in [-0.4, -0.2) is 49.7 Å². The van der Waals surface area contributed by atoms with Crippen LogP contribution in [0, 0.1) is 11.3 Å². The lowest BCUT2D eigenvalue weighted by atomic mass is 9.88. The predicted octanol–water partition coefficient (Wildman–Crippen LogP) is 3.74. The van der Waals surface area contributed by atoms with Crippen molar-refractivity contribution in [2.24, 2.45) is 0 Å². The first-order valence-electron chi connectivity index (χ1n) is 9.00. The highest BCUT2D eigenvalue weighted by molar-refractivity contribution is 6.32. The highest BCUT2D eigenvalue weighted by atomic mass is 35.5. The van der Waals surface area contributed by atoms with Gasteiger partial charge < -0.3 is 14.5 Å². The average molecular weight is 386 g/mol. The summed E-state index contributed by atoms with van der Waals surface area (Å²) in [5.41, 5.74) is 3.91. The molecule has 1 aromatic carbocycles. The number of benzene rings is 1. The number of amides is 1. The van der Waals surface area contributed by atoms with Crippen molar-refractivity contribution in [2.75, 3.05) is 38.3 Å². The number of anilines is 1. The zero-order valence-electron chi connectivity index (χ0n) is 16.2. The van der Waals surface area contributed by atoms with Gasteiger partial charge in [-0.15, -0.1) is 0 Å². The molecule has 27 heavy (non-hydrogen) atoms. The molecule has 0 bridgehead atoms. The molecule has 1 fully saturated rings. The van der Waals surface area contributed by atoms with E-state index < -0.39 is 0 Å². The standard InChI is InChI=1S/C21H24ClN3O2/c1-14-12-21(2,3)24(4)19-11-18(22)15(10-17(14)19)9-16(13-23)20(26)25-5-7-27-8-6-25/h9-12H,5-8H2,1-4H3/b16-9+. The lowest BCUT2D eigenvalue weighted by molar-refractivity contribution is -0.130. The third kappa shape index (κ3) is 3.73. The lowest BCUT2D eigenvalue weighted by Gasteiger charge is -2.40. The number of carbonyl (C=O) groups is 1. The van der Waals surface area contributed by atoms with Crippen LogP contribution in [-0.2, 0) is 9.53 Å². The topological polar surface area (TPSA) is 56.6 Å². The highest BCUT2D eigenvalue weighted by Crippen LogP contribution is 2.40. The molecule has 5 nitrogen and oxygen atoms in total. The molecule has 2 aliphatic rings. The number of rotatable bonds is 2. The molecule has 1 aromatic rings. The summed E-state index contributed by atoms with van der Waals surface area (Å²) in [6.45, 7) is 8.35. The first-order valence-corrected chi connectivity index (χ1v) is 9.38. The van der Waals surface area contributed by atoms with E-state index in [0.29, 0.717) is 36.9 Å². The maximum Gasteiger partial charge on any atom is 0.264 e. The van der Waals surface area contributed by atoms with Gasteiger partial charge in [0.15, 0.2) is 0 Å². The summed E-state index contributed by atoms with van der Waals surface area (Å²) in [6, 6.07) is 5.90. The van der Waals surface area contributed by atoms with E-state index in [0.717, 1.165) is 16.8 Å². The smallest absolute Gasteiger partial charge is 0.264 e. The van der Waals surface area contributed by atoms with Crippen molar-refractivity contribution in [2.45, 2.75) is 26.3 Å². The Hall–Kier alpha value is -2.29. The van der Waals surface area contributed by atoms with Crippen LogP contribution in [0.25, 0.3) is 11.6 Å². The number of allylic oxidation sites excluding steroid dienone is 1. The van der Waals surface area contributed by atoms with E-state index in [1.165, 1.54) is 0 Å². The quantitative estimate of drug-likeness (QED) is 0.574. The maximum atomic E-state index is 12.7. The van der Waals surface area contributed by atoms with Crippen LogP contribution in [0.15, 0.2) is 23.8 Å². The third-order valence-corrected chi connectivity index (χ3v) is 5.61. The first-order chi connectivity index (χ1) is 12.7. The molecule has 0 aliphatic carbocycles. The van der Waals surface area contributed by atoms with Gasteiger partial charge in [-0.2, -0.15) is 5.26 Å². The van der Waals surface area contributed by atoms with E-state index in [1.54, 1.807) is 11.0 Å². The van der Waals surface area contributed by atoms with Crippen LogP contribution in [0.5, 0.6) is 0 Å². The number of morpholine rings is 1. The summed E-state index contributed by atoms with van der Waals surface area (Å²) in [5.74, 6) is -0.278. The second kappa shape index (κ2) is 7.38. The van der Waals surface area contributed by atoms with Crippen LogP contribution >= 0.6 is 11.6 Å². The van der Waals surface area contributed by atoms with Gasteiger partial charge in [-0.1, -0.05) is 17.7 Å². The molecule has 0 N–H and O–H groups in total. The Bertz CT molecular complexity index is 874. The van der Waals surface area contributed by atoms with Gasteiger partial charge in [-0.3, -0.25) is 4.79 Å². The fraction of sp³-hybridized carbons (Fsp3) is 0.429. The molecule has 0 radical (unpaired) electrons. The van der Waals surface area contributed by atoms with E-state index in [-0.39, 0.29) is 17.0 Å². The van der Waals surface area contributed by atoms with Crippen molar-refractivity contribution < 1.29 is 9.53 Å². The molecule has 2 heterocycles. The third-order valence-electron chi connectivity index (χ3n) is 5.28. The number of hydrogen-bond acceptors (Lipinski definition) is 4. The highest BCUT2D eigenvalue weighted by Gasteiger charge is 2.29. The number of ether oxygens (including phenoxy) is 1. The lowest BCUT2D eigenvalue weighted by Crippen LogP contribution is -2.42. The summed E-state index contributed by atoms with van der Waals surface area (Å²) in [7, 11) is 2.04. The Kier molecular flexibility index (Phi) is 5.32. The minimum absolute atomic E-state index is 0.0878. The normalized spacial score (nSPS) is 19.3. The fourth-order valence-electron chi connectivity index (χ4n) is 3.53. The zero-order chi connectivity index (χ0) is 19.8. The number of nitrogens with zero attached hydrogens (tertiary/aromatic N) is 3. The van der Waals surface area contributed by atoms with Gasteiger partial charge in [-0.05, 0) is 50.1 Å². The second-order valence-corrected chi connectivity index (χ2v) is 7.91. The molecule has 1 amide bonds. The number of fused-ring (bicyclic) bond motifs is 1. The van der Waals surface area contributed by atoms with Crippen molar-refractivity contribution in [3.8, 4) is 6.07 Å². The number of hydrogen-bond donors (Lipinski definition) is 0. The fourth-order valence-corrected chi connectivity index (χ4v) is 3.74. The predicted molar refractivity (Wildman–Crippen MR) is 109 cm³/mol. The van der Waals surface area contributed by atoms with Gasteiger partial charge >= 0.3 is 0 Å². The van der Waals surface area contributed by atoms with Crippen molar-refractivity contribution in [3.05, 3.63) is 39.9 Å². The Labute approximate surface area is 165 Å². The molecule has 0 unspecified atom stereocenters. The molecule has 0 atom stereocenters. The number of carbonyl (C=O) groups excluding carboxylic acids is 1. The Morgan fingerprint density at radius 2 is 2.00 bits per heavy atom. The minimum atomic E-state index is -0.278. The van der Waals surface area contributed by atoms with Crippen molar-refractivity contribution in [3.63, 3.8) is 0 Å². The van der Waals surface area contributed by atoms with Gasteiger partial charge in [-0.25, -0.2) is 0 Å². The van der Waals surface area contributed by atoms with Gasteiger partial charge in [0.05, 0.1) is 18.8 Å². The molecule has 0 saturated carbocycles. The maximum absolute atomic E-state index is 12.7. The zero-order valence-corrected chi connectivity index (χ0v) is 16.9. The molecular weight excluding hydrogens is 362 g/mol. The molecule has 142 valence electrons. The van der Waals surface area contributed by atoms with E-state index in [9.17, 15) is 10.1 Å². The van der Waals surface area contributed by atoms with Crippen LogP contribution in [0.3, 0.4) is 0 Å². The monoisotopic (exact) mass is 385 g/mol. The number of nitriles is 1. The largest absolute Gasteiger partial charge is 0.378 e. The van der Waals surface area contributed by atoms with E-state index in [1.807, 2.05) is 25.2 Å². The van der Waals surface area contributed by atoms with Gasteiger partial charge in [0, 0.05) is 36.4 Å². The number of halogens is 1. The first kappa shape index (κ1) is 19.5. The molecular formula is C21H24ClN3O2. The van der Waals surface area contributed by atoms with E-state index in [4.69, 9.17) is 16.3 Å². The number of likely N-dealkylation sites (N-methyl/N-ethyl adjacent to an activating group) is 1. The SMILES string of the molecule is CC1=CC(C)(C)N(C)c2cc(Cl)c(/C=C(\C#N)C(=O)N3CCOCC3)cc21. The molecule has 3 rings (SSSR count). The Morgan fingerprint density at radius 3 is 2.63 bits per heavy atom. The minimum Gasteiger partial charge on any atom is -0.378 e. The summed E-state index contributed by atoms with van der Waals surface area (Å²) in [5, 5.41) is 10.0. The molecule has 0 spiro atoms. The summed E-state index contributed by atoms with van der Waals surface area (Å²) in [4.78, 5) is 16.5. The van der Waals surface area contributed by atoms with Gasteiger partial charge in [0.25, 0.3) is 5.91 Å². The molecule has 0 aromatic heterocycles. The van der Waals surface area contributed by atoms with Crippen LogP contribution in [0.1, 0.15) is 31.9 Å². The molecule has 1 saturated heterocycles. The van der Waals surface area contributed by atoms with Crippen molar-refractivity contribution in [1.29, 1.82) is 5.26 Å². The summed E-state index contributed by atoms with van der Waals surface area (Å²) in [6.07, 6.45) is 3.80. The van der Waals surface area contributed by atoms with E-state index in [2.05, 4.69) is 31.7 Å². The Morgan fingerprint density at radius 1 is 1.33 bits per heavy atom. The van der Waals surface area contributed by atoms with E-state index >= 15 is 0 Å². The van der Waals surface area contributed by atoms with Gasteiger partial charge in [0.2, 0.25) is 0 Å². The van der Waals surface area contributed by atoms with Crippen LogP contribution < -0.4 is 4.90 Å². The summed E-state index contributed by atoms with van der Waals surface area (Å²) < 4.78 is 5.27. The van der Waals surface area contributed by atoms with Crippen molar-refractivity contribution >= 4 is 34.8 Å². The van der Waals surface area contributed by atoms with Gasteiger partial charge in [0.1, 0.15) is 11.6 Å². The molecule has 2 aliphatic heterocycles. The average Bonchev–Trinajstić information content (AvgIpc) is 2.65. The summed E-state index contributed by atoms with van der Waals surface area (Å²) >= 11 is 6.51. The van der Waals surface area contributed by atoms with Crippen LogP contribution in [0.4, 0.5) is 5.69 Å². The molecule has 6 heteroatoms.